The lowest BCUT2D eigenvalue weighted by Gasteiger charge is -2.35. The molecule has 0 aliphatic heterocycles. The highest BCUT2D eigenvalue weighted by atomic mass is 35.5. The molecule has 10 heteroatoms. The van der Waals surface area contributed by atoms with Gasteiger partial charge in [0.1, 0.15) is 11.3 Å². The molecule has 0 atom stereocenters. The predicted molar refractivity (Wildman–Crippen MR) is 123 cm³/mol. The van der Waals surface area contributed by atoms with Gasteiger partial charge in [-0.3, -0.25) is 9.59 Å². The maximum Gasteiger partial charge on any atom is 0.327 e. The van der Waals surface area contributed by atoms with Crippen LogP contribution in [0.5, 0.6) is 5.75 Å². The van der Waals surface area contributed by atoms with Crippen LogP contribution in [0.3, 0.4) is 0 Å². The third kappa shape index (κ3) is 6.69. The zero-order valence-electron chi connectivity index (χ0n) is 18.3. The number of benzene rings is 2. The Morgan fingerprint density at radius 3 is 2.42 bits per heavy atom. The lowest BCUT2D eigenvalue weighted by atomic mass is 9.82. The quantitative estimate of drug-likeness (QED) is 0.518. The molecular weight excluding hydrogens is 468 g/mol. The first-order valence-electron chi connectivity index (χ1n) is 10.6. The van der Waals surface area contributed by atoms with Gasteiger partial charge < -0.3 is 14.8 Å². The number of nitrogens with one attached hydrogen (secondary N) is 2. The summed E-state index contributed by atoms with van der Waals surface area (Å²) in [7, 11) is -2.44. The maximum atomic E-state index is 13.0. The Hall–Kier alpha value is -2.62. The zero-order valence-corrected chi connectivity index (χ0v) is 19.9. The second-order valence-electron chi connectivity index (χ2n) is 7.91. The summed E-state index contributed by atoms with van der Waals surface area (Å²) in [5.41, 5.74) is -0.586. The standard InChI is InChI=1S/C23H27ClN2O6S/c1-31-19-7-5-6-17(14-19)15-25-21(27)16-32-22(28)23(12-3-2-4-13-23)26-33(29,30)20-10-8-18(24)9-11-20/h5-11,14,26H,2-4,12-13,15-16H2,1H3,(H,25,27). The highest BCUT2D eigenvalue weighted by molar-refractivity contribution is 7.89. The van der Waals surface area contributed by atoms with Gasteiger partial charge in [0.15, 0.2) is 6.61 Å². The zero-order chi connectivity index (χ0) is 23.9. The molecule has 33 heavy (non-hydrogen) atoms. The van der Waals surface area contributed by atoms with Crippen LogP contribution >= 0.6 is 11.6 Å². The normalized spacial score (nSPS) is 15.5. The van der Waals surface area contributed by atoms with E-state index in [0.29, 0.717) is 36.5 Å². The number of carbonyl (C=O) groups is 2. The molecule has 0 bridgehead atoms. The van der Waals surface area contributed by atoms with E-state index in [0.717, 1.165) is 12.0 Å². The molecule has 0 spiro atoms. The molecule has 0 aromatic heterocycles. The minimum Gasteiger partial charge on any atom is -0.497 e. The molecule has 1 saturated carbocycles. The van der Waals surface area contributed by atoms with Crippen LogP contribution in [0.15, 0.2) is 53.4 Å². The molecule has 8 nitrogen and oxygen atoms in total. The topological polar surface area (TPSA) is 111 Å². The Balaban J connectivity index is 1.62. The van der Waals surface area contributed by atoms with E-state index in [2.05, 4.69) is 10.0 Å². The van der Waals surface area contributed by atoms with Crippen molar-refractivity contribution in [3.63, 3.8) is 0 Å². The maximum absolute atomic E-state index is 13.0. The molecule has 1 amide bonds. The molecule has 178 valence electrons. The Kier molecular flexibility index (Phi) is 8.34. The number of esters is 1. The number of methoxy groups -OCH3 is 1. The van der Waals surface area contributed by atoms with Crippen molar-refractivity contribution in [2.75, 3.05) is 13.7 Å². The van der Waals surface area contributed by atoms with Gasteiger partial charge in [0.25, 0.3) is 5.91 Å². The van der Waals surface area contributed by atoms with Gasteiger partial charge in [-0.05, 0) is 54.8 Å². The average Bonchev–Trinajstić information content (AvgIpc) is 2.82. The molecule has 1 fully saturated rings. The smallest absolute Gasteiger partial charge is 0.327 e. The van der Waals surface area contributed by atoms with Crippen molar-refractivity contribution >= 4 is 33.5 Å². The van der Waals surface area contributed by atoms with Gasteiger partial charge in [-0.25, -0.2) is 8.42 Å². The van der Waals surface area contributed by atoms with E-state index in [-0.39, 0.29) is 11.4 Å². The van der Waals surface area contributed by atoms with E-state index < -0.39 is 34.0 Å². The molecule has 0 unspecified atom stereocenters. The van der Waals surface area contributed by atoms with Crippen LogP contribution in [-0.4, -0.2) is 39.5 Å². The summed E-state index contributed by atoms with van der Waals surface area (Å²) in [5.74, 6) is -0.575. The van der Waals surface area contributed by atoms with Crippen LogP contribution in [0.1, 0.15) is 37.7 Å². The lowest BCUT2D eigenvalue weighted by Crippen LogP contribution is -2.56. The van der Waals surface area contributed by atoms with Gasteiger partial charge in [-0.2, -0.15) is 4.72 Å². The van der Waals surface area contributed by atoms with Gasteiger partial charge in [-0.15, -0.1) is 0 Å². The van der Waals surface area contributed by atoms with Crippen molar-refractivity contribution in [1.82, 2.24) is 10.0 Å². The monoisotopic (exact) mass is 494 g/mol. The second-order valence-corrected chi connectivity index (χ2v) is 10.0. The first kappa shape index (κ1) is 25.0. The fourth-order valence-electron chi connectivity index (χ4n) is 3.74. The van der Waals surface area contributed by atoms with E-state index in [4.69, 9.17) is 21.1 Å². The average molecular weight is 495 g/mol. The summed E-state index contributed by atoms with van der Waals surface area (Å²) < 4.78 is 38.8. The molecule has 3 rings (SSSR count). The molecule has 2 aromatic rings. The molecule has 1 aliphatic carbocycles. The summed E-state index contributed by atoms with van der Waals surface area (Å²) in [6.07, 6.45) is 2.81. The highest BCUT2D eigenvalue weighted by Gasteiger charge is 2.44. The number of carbonyl (C=O) groups excluding carboxylic acids is 2. The van der Waals surface area contributed by atoms with Crippen LogP contribution in [0.25, 0.3) is 0 Å². The SMILES string of the molecule is COc1cccc(CNC(=O)COC(=O)C2(NS(=O)(=O)c3ccc(Cl)cc3)CCCCC2)c1. The highest BCUT2D eigenvalue weighted by Crippen LogP contribution is 2.31. The first-order valence-corrected chi connectivity index (χ1v) is 12.5. The summed E-state index contributed by atoms with van der Waals surface area (Å²) in [5, 5.41) is 3.08. The van der Waals surface area contributed by atoms with Crippen LogP contribution < -0.4 is 14.8 Å². The van der Waals surface area contributed by atoms with Crippen molar-refractivity contribution in [3.05, 3.63) is 59.1 Å². The summed E-state index contributed by atoms with van der Waals surface area (Å²) >= 11 is 5.85. The Morgan fingerprint density at radius 1 is 1.06 bits per heavy atom. The minimum absolute atomic E-state index is 0.000630. The molecule has 1 aliphatic rings. The molecule has 0 heterocycles. The number of sulfonamides is 1. The predicted octanol–water partition coefficient (Wildman–Crippen LogP) is 3.19. The number of ether oxygens (including phenoxy) is 2. The molecule has 2 N–H and O–H groups in total. The molecular formula is C23H27ClN2O6S. The van der Waals surface area contributed by atoms with E-state index in [1.807, 2.05) is 6.07 Å². The molecule has 2 aromatic carbocycles. The molecule has 0 radical (unpaired) electrons. The number of halogens is 1. The first-order chi connectivity index (χ1) is 15.7. The third-order valence-electron chi connectivity index (χ3n) is 5.51. The van der Waals surface area contributed by atoms with Crippen molar-refractivity contribution < 1.29 is 27.5 Å². The summed E-state index contributed by atoms with van der Waals surface area (Å²) in [6.45, 7) is -0.269. The number of hydrogen-bond acceptors (Lipinski definition) is 6. The van der Waals surface area contributed by atoms with Crippen LogP contribution in [0, 0.1) is 0 Å². The fraction of sp³-hybridized carbons (Fsp3) is 0.391. The second kappa shape index (κ2) is 11.0. The van der Waals surface area contributed by atoms with E-state index in [1.54, 1.807) is 25.3 Å². The van der Waals surface area contributed by atoms with Crippen LogP contribution in [-0.2, 0) is 30.9 Å². The Bertz CT molecular complexity index is 1080. The minimum atomic E-state index is -3.99. The lowest BCUT2D eigenvalue weighted by molar-refractivity contribution is -0.155. The number of rotatable bonds is 9. The Labute approximate surface area is 198 Å². The van der Waals surface area contributed by atoms with Gasteiger partial charge in [-0.1, -0.05) is 43.0 Å². The van der Waals surface area contributed by atoms with Crippen molar-refractivity contribution in [2.24, 2.45) is 0 Å². The number of hydrogen-bond donors (Lipinski definition) is 2. The van der Waals surface area contributed by atoms with Gasteiger partial charge >= 0.3 is 5.97 Å². The Morgan fingerprint density at radius 2 is 1.76 bits per heavy atom. The number of amides is 1. The van der Waals surface area contributed by atoms with Crippen molar-refractivity contribution in [2.45, 2.75) is 49.1 Å². The van der Waals surface area contributed by atoms with E-state index in [1.165, 1.54) is 24.3 Å². The van der Waals surface area contributed by atoms with E-state index in [9.17, 15) is 18.0 Å². The molecule has 0 saturated heterocycles. The van der Waals surface area contributed by atoms with Crippen molar-refractivity contribution in [1.29, 1.82) is 0 Å². The van der Waals surface area contributed by atoms with E-state index >= 15 is 0 Å². The van der Waals surface area contributed by atoms with Gasteiger partial charge in [0.2, 0.25) is 10.0 Å². The summed E-state index contributed by atoms with van der Waals surface area (Å²) in [4.78, 5) is 25.2. The third-order valence-corrected chi connectivity index (χ3v) is 7.31. The van der Waals surface area contributed by atoms with Crippen LogP contribution in [0.2, 0.25) is 5.02 Å². The fourth-order valence-corrected chi connectivity index (χ4v) is 5.28. The van der Waals surface area contributed by atoms with Gasteiger partial charge in [0, 0.05) is 11.6 Å². The van der Waals surface area contributed by atoms with Crippen LogP contribution in [0.4, 0.5) is 0 Å². The van der Waals surface area contributed by atoms with Gasteiger partial charge in [0.05, 0.1) is 12.0 Å². The summed E-state index contributed by atoms with van der Waals surface area (Å²) in [6, 6.07) is 12.9. The largest absolute Gasteiger partial charge is 0.497 e. The van der Waals surface area contributed by atoms with Crippen molar-refractivity contribution in [3.8, 4) is 5.75 Å².